The molecule has 4 nitrogen and oxygen atoms in total. The molecular weight excluding hydrogens is 204 g/mol. The highest BCUT2D eigenvalue weighted by atomic mass is 16.4. The van der Waals surface area contributed by atoms with Gasteiger partial charge in [0, 0.05) is 18.3 Å². The minimum atomic E-state index is -0.697. The quantitative estimate of drug-likeness (QED) is 0.809. The van der Waals surface area contributed by atoms with Gasteiger partial charge in [-0.15, -0.1) is 0 Å². The zero-order chi connectivity index (χ0) is 11.5. The van der Waals surface area contributed by atoms with Crippen LogP contribution in [0.3, 0.4) is 0 Å². The lowest BCUT2D eigenvalue weighted by atomic mass is 9.79. The molecule has 1 aromatic rings. The van der Waals surface area contributed by atoms with E-state index in [0.717, 1.165) is 18.5 Å². The second-order valence-corrected chi connectivity index (χ2v) is 4.27. The Kier molecular flexibility index (Phi) is 3.19. The average molecular weight is 220 g/mol. The molecule has 1 aliphatic carbocycles. The minimum absolute atomic E-state index is 0.0921. The third kappa shape index (κ3) is 2.22. The first kappa shape index (κ1) is 11.1. The molecule has 1 heterocycles. The number of rotatable bonds is 4. The van der Waals surface area contributed by atoms with Gasteiger partial charge in [0.05, 0.1) is 11.6 Å². The highest BCUT2D eigenvalue weighted by molar-refractivity contribution is 5.72. The number of carboxylic acids is 1. The smallest absolute Gasteiger partial charge is 0.308 e. The third-order valence-corrected chi connectivity index (χ3v) is 3.19. The summed E-state index contributed by atoms with van der Waals surface area (Å²) < 4.78 is 0. The summed E-state index contributed by atoms with van der Waals surface area (Å²) in [6.07, 6.45) is 3.47. The number of hydrogen-bond acceptors (Lipinski definition) is 3. The van der Waals surface area contributed by atoms with E-state index in [1.807, 2.05) is 25.1 Å². The lowest BCUT2D eigenvalue weighted by molar-refractivity contribution is -0.146. The van der Waals surface area contributed by atoms with Crippen LogP contribution < -0.4 is 5.32 Å². The molecule has 0 radical (unpaired) electrons. The van der Waals surface area contributed by atoms with E-state index in [4.69, 9.17) is 5.11 Å². The number of aromatic nitrogens is 1. The summed E-state index contributed by atoms with van der Waals surface area (Å²) >= 11 is 0. The van der Waals surface area contributed by atoms with E-state index < -0.39 is 5.97 Å². The van der Waals surface area contributed by atoms with E-state index in [0.29, 0.717) is 0 Å². The van der Waals surface area contributed by atoms with Crippen molar-refractivity contribution in [1.82, 2.24) is 10.3 Å². The van der Waals surface area contributed by atoms with Gasteiger partial charge in [0.2, 0.25) is 0 Å². The van der Waals surface area contributed by atoms with E-state index in [2.05, 4.69) is 10.3 Å². The van der Waals surface area contributed by atoms with Gasteiger partial charge < -0.3 is 10.4 Å². The van der Waals surface area contributed by atoms with Gasteiger partial charge in [0.25, 0.3) is 0 Å². The maximum absolute atomic E-state index is 10.9. The van der Waals surface area contributed by atoms with Crippen molar-refractivity contribution >= 4 is 5.97 Å². The molecule has 2 rings (SSSR count). The van der Waals surface area contributed by atoms with Crippen LogP contribution in [0.25, 0.3) is 0 Å². The Morgan fingerprint density at radius 2 is 2.38 bits per heavy atom. The first-order valence-electron chi connectivity index (χ1n) is 5.58. The van der Waals surface area contributed by atoms with Crippen molar-refractivity contribution in [2.24, 2.45) is 5.92 Å². The Hall–Kier alpha value is -1.42. The molecule has 3 atom stereocenters. The molecule has 4 heteroatoms. The summed E-state index contributed by atoms with van der Waals surface area (Å²) in [4.78, 5) is 15.1. The van der Waals surface area contributed by atoms with Crippen LogP contribution >= 0.6 is 0 Å². The second kappa shape index (κ2) is 4.61. The molecule has 0 saturated heterocycles. The third-order valence-electron chi connectivity index (χ3n) is 3.19. The number of carbonyl (C=O) groups is 1. The van der Waals surface area contributed by atoms with E-state index >= 15 is 0 Å². The van der Waals surface area contributed by atoms with Crippen LogP contribution in [0, 0.1) is 5.92 Å². The van der Waals surface area contributed by atoms with Crippen molar-refractivity contribution in [3.63, 3.8) is 0 Å². The number of hydrogen-bond donors (Lipinski definition) is 2. The van der Waals surface area contributed by atoms with Gasteiger partial charge in [-0.1, -0.05) is 6.07 Å². The topological polar surface area (TPSA) is 62.2 Å². The Morgan fingerprint density at radius 1 is 1.56 bits per heavy atom. The molecule has 0 amide bonds. The number of nitrogens with one attached hydrogen (secondary N) is 1. The van der Waals surface area contributed by atoms with Gasteiger partial charge in [-0.05, 0) is 31.9 Å². The molecule has 1 aliphatic rings. The largest absolute Gasteiger partial charge is 0.481 e. The molecule has 3 unspecified atom stereocenters. The summed E-state index contributed by atoms with van der Waals surface area (Å²) in [6, 6.07) is 5.96. The van der Waals surface area contributed by atoms with E-state index in [1.54, 1.807) is 6.20 Å². The molecule has 0 aromatic carbocycles. The summed E-state index contributed by atoms with van der Waals surface area (Å²) in [5, 5.41) is 12.3. The normalized spacial score (nSPS) is 25.8. The maximum atomic E-state index is 10.9. The zero-order valence-electron chi connectivity index (χ0n) is 9.26. The summed E-state index contributed by atoms with van der Waals surface area (Å²) in [5.74, 6) is -0.928. The Labute approximate surface area is 94.7 Å². The summed E-state index contributed by atoms with van der Waals surface area (Å²) in [5.41, 5.74) is 0.957. The van der Waals surface area contributed by atoms with Crippen molar-refractivity contribution in [2.75, 3.05) is 0 Å². The van der Waals surface area contributed by atoms with Gasteiger partial charge in [0.15, 0.2) is 0 Å². The molecule has 1 saturated carbocycles. The molecule has 0 aliphatic heterocycles. The van der Waals surface area contributed by atoms with Gasteiger partial charge in [-0.25, -0.2) is 0 Å². The zero-order valence-corrected chi connectivity index (χ0v) is 9.26. The average Bonchev–Trinajstić information content (AvgIpc) is 2.24. The summed E-state index contributed by atoms with van der Waals surface area (Å²) in [6.45, 7) is 2.01. The monoisotopic (exact) mass is 220 g/mol. The second-order valence-electron chi connectivity index (χ2n) is 4.27. The van der Waals surface area contributed by atoms with Crippen LogP contribution in [0.4, 0.5) is 0 Å². The van der Waals surface area contributed by atoms with Gasteiger partial charge in [0.1, 0.15) is 0 Å². The molecule has 2 N–H and O–H groups in total. The van der Waals surface area contributed by atoms with Crippen LogP contribution in [-0.2, 0) is 4.79 Å². The number of aliphatic carboxylic acids is 1. The standard InChI is InChI=1S/C12H16N2O2/c1-8(10-4-2-3-7-13-10)14-11-6-5-9(11)12(15)16/h2-4,7-9,11,14H,5-6H2,1H3,(H,15,16). The van der Waals surface area contributed by atoms with Crippen LogP contribution in [0.15, 0.2) is 24.4 Å². The predicted molar refractivity (Wildman–Crippen MR) is 59.9 cm³/mol. The van der Waals surface area contributed by atoms with E-state index in [1.165, 1.54) is 0 Å². The fourth-order valence-corrected chi connectivity index (χ4v) is 2.03. The Bertz CT molecular complexity index is 367. The fraction of sp³-hybridized carbons (Fsp3) is 0.500. The lowest BCUT2D eigenvalue weighted by Crippen LogP contribution is -2.48. The van der Waals surface area contributed by atoms with Crippen molar-refractivity contribution in [3.8, 4) is 0 Å². The van der Waals surface area contributed by atoms with E-state index in [-0.39, 0.29) is 18.0 Å². The Morgan fingerprint density at radius 3 is 2.88 bits per heavy atom. The van der Waals surface area contributed by atoms with Gasteiger partial charge >= 0.3 is 5.97 Å². The molecule has 1 aromatic heterocycles. The van der Waals surface area contributed by atoms with Crippen molar-refractivity contribution in [1.29, 1.82) is 0 Å². The number of carboxylic acid groups (broad SMARTS) is 1. The van der Waals surface area contributed by atoms with E-state index in [9.17, 15) is 4.79 Å². The van der Waals surface area contributed by atoms with Crippen LogP contribution in [0.1, 0.15) is 31.5 Å². The van der Waals surface area contributed by atoms with Gasteiger partial charge in [-0.3, -0.25) is 9.78 Å². The maximum Gasteiger partial charge on any atom is 0.308 e. The number of pyridine rings is 1. The molecular formula is C12H16N2O2. The minimum Gasteiger partial charge on any atom is -0.481 e. The van der Waals surface area contributed by atoms with Crippen molar-refractivity contribution < 1.29 is 9.90 Å². The predicted octanol–water partition coefficient (Wildman–Crippen LogP) is 1.60. The molecule has 86 valence electrons. The van der Waals surface area contributed by atoms with Gasteiger partial charge in [-0.2, -0.15) is 0 Å². The first-order chi connectivity index (χ1) is 7.68. The summed E-state index contributed by atoms with van der Waals surface area (Å²) in [7, 11) is 0. The first-order valence-corrected chi connectivity index (χ1v) is 5.58. The lowest BCUT2D eigenvalue weighted by Gasteiger charge is -2.36. The highest BCUT2D eigenvalue weighted by Gasteiger charge is 2.37. The molecule has 0 bridgehead atoms. The van der Waals surface area contributed by atoms with Crippen molar-refractivity contribution in [3.05, 3.63) is 30.1 Å². The van der Waals surface area contributed by atoms with Crippen LogP contribution in [0.5, 0.6) is 0 Å². The van der Waals surface area contributed by atoms with Crippen LogP contribution in [0.2, 0.25) is 0 Å². The molecule has 16 heavy (non-hydrogen) atoms. The molecule has 0 spiro atoms. The highest BCUT2D eigenvalue weighted by Crippen LogP contribution is 2.29. The van der Waals surface area contributed by atoms with Crippen molar-refractivity contribution in [2.45, 2.75) is 31.8 Å². The van der Waals surface area contributed by atoms with Crippen LogP contribution in [-0.4, -0.2) is 22.1 Å². The number of nitrogens with zero attached hydrogens (tertiary/aromatic N) is 1. The fourth-order valence-electron chi connectivity index (χ4n) is 2.03. The SMILES string of the molecule is CC(NC1CCC1C(=O)O)c1ccccn1. The Balaban J connectivity index is 1.93. The molecule has 1 fully saturated rings.